The van der Waals surface area contributed by atoms with Gasteiger partial charge < -0.3 is 34.1 Å². The number of aliphatic hydroxyl groups excluding tert-OH is 1. The second-order valence-electron chi connectivity index (χ2n) is 17.6. The number of rotatable bonds is 6. The highest BCUT2D eigenvalue weighted by Crippen LogP contribution is 2.89. The fraction of sp³-hybridized carbons (Fsp3) is 1.00. The number of fused-ring (bicyclic) bond motifs is 4. The van der Waals surface area contributed by atoms with Crippen LogP contribution in [-0.4, -0.2) is 81.4 Å². The van der Waals surface area contributed by atoms with Crippen LogP contribution in [0.2, 0.25) is 0 Å². The van der Waals surface area contributed by atoms with Crippen molar-refractivity contribution in [3.63, 3.8) is 0 Å². The molecule has 1 unspecified atom stereocenters. The average Bonchev–Trinajstić information content (AvgIpc) is 3.60. The molecular formula is C36H61NO6. The second kappa shape index (κ2) is 10.1. The van der Waals surface area contributed by atoms with E-state index < -0.39 is 11.7 Å². The molecule has 0 aromatic rings. The van der Waals surface area contributed by atoms with Gasteiger partial charge in [-0.2, -0.15) is 0 Å². The fourth-order valence-corrected chi connectivity index (χ4v) is 13.6. The summed E-state index contributed by atoms with van der Waals surface area (Å²) in [4.78, 5) is 0. The Morgan fingerprint density at radius 1 is 0.977 bits per heavy atom. The minimum atomic E-state index is -0.464. The van der Waals surface area contributed by atoms with E-state index in [1.165, 1.54) is 38.5 Å². The molecule has 0 aromatic carbocycles. The van der Waals surface area contributed by atoms with Crippen LogP contribution < -0.4 is 5.32 Å². The lowest BCUT2D eigenvalue weighted by Crippen LogP contribution is -2.60. The van der Waals surface area contributed by atoms with Gasteiger partial charge in [-0.15, -0.1) is 0 Å². The molecule has 2 spiro atoms. The first-order chi connectivity index (χ1) is 20.2. The molecule has 0 radical (unpaired) electrons. The zero-order valence-corrected chi connectivity index (χ0v) is 28.5. The molecule has 2 saturated heterocycles. The van der Waals surface area contributed by atoms with E-state index in [2.05, 4.69) is 53.8 Å². The van der Waals surface area contributed by atoms with Crippen molar-refractivity contribution in [1.82, 2.24) is 5.32 Å². The van der Waals surface area contributed by atoms with Crippen molar-refractivity contribution < 1.29 is 28.8 Å². The van der Waals surface area contributed by atoms with E-state index in [-0.39, 0.29) is 47.0 Å². The number of methoxy groups -OCH3 is 2. The highest BCUT2D eigenvalue weighted by Gasteiger charge is 2.84. The van der Waals surface area contributed by atoms with Gasteiger partial charge in [0.05, 0.1) is 36.6 Å². The highest BCUT2D eigenvalue weighted by atomic mass is 16.7. The van der Waals surface area contributed by atoms with Crippen molar-refractivity contribution in [2.75, 3.05) is 33.9 Å². The van der Waals surface area contributed by atoms with E-state index >= 15 is 0 Å². The van der Waals surface area contributed by atoms with E-state index in [1.54, 1.807) is 14.2 Å². The van der Waals surface area contributed by atoms with Crippen molar-refractivity contribution in [2.24, 2.45) is 50.7 Å². The van der Waals surface area contributed by atoms with Crippen molar-refractivity contribution in [3.05, 3.63) is 0 Å². The molecule has 2 heterocycles. The van der Waals surface area contributed by atoms with Gasteiger partial charge in [-0.05, 0) is 111 Å². The SMILES string of the molecule is CO[C@@H]([C@H]1C[C@@H](C)[C@H]2[C@H](O1)[C@H](O)[C@@]1(C)[C@@H]3CC[C@H]4C(C)(C)[C@@H](O[C@H]5CNCCO5)CCC45C[C@@]35CC[C@]21C)C(C)(C)OC. The Hall–Kier alpha value is -0.280. The van der Waals surface area contributed by atoms with Crippen LogP contribution in [0.25, 0.3) is 0 Å². The van der Waals surface area contributed by atoms with Crippen molar-refractivity contribution in [2.45, 2.75) is 142 Å². The number of ether oxygens (including phenoxy) is 5. The number of hydrogen-bond acceptors (Lipinski definition) is 7. The van der Waals surface area contributed by atoms with Gasteiger partial charge in [0.15, 0.2) is 6.29 Å². The van der Waals surface area contributed by atoms with Crippen LogP contribution in [0.4, 0.5) is 0 Å². The van der Waals surface area contributed by atoms with Crippen molar-refractivity contribution >= 4 is 0 Å². The lowest BCUT2D eigenvalue weighted by molar-refractivity contribution is -0.237. The summed E-state index contributed by atoms with van der Waals surface area (Å²) >= 11 is 0. The van der Waals surface area contributed by atoms with Crippen LogP contribution in [-0.2, 0) is 23.7 Å². The molecule has 14 atom stereocenters. The molecule has 246 valence electrons. The molecule has 5 saturated carbocycles. The molecule has 5 aliphatic carbocycles. The largest absolute Gasteiger partial charge is 0.390 e. The predicted octanol–water partition coefficient (Wildman–Crippen LogP) is 5.57. The Morgan fingerprint density at radius 2 is 1.70 bits per heavy atom. The van der Waals surface area contributed by atoms with Crippen LogP contribution >= 0.6 is 0 Å². The monoisotopic (exact) mass is 603 g/mol. The van der Waals surface area contributed by atoms with Gasteiger partial charge in [-0.3, -0.25) is 0 Å². The van der Waals surface area contributed by atoms with Crippen molar-refractivity contribution in [3.8, 4) is 0 Å². The van der Waals surface area contributed by atoms with Crippen LogP contribution in [0, 0.1) is 50.7 Å². The average molecular weight is 604 g/mol. The summed E-state index contributed by atoms with van der Waals surface area (Å²) in [6.07, 6.45) is 8.85. The summed E-state index contributed by atoms with van der Waals surface area (Å²) < 4.78 is 31.6. The third-order valence-corrected chi connectivity index (χ3v) is 15.8. The molecule has 0 amide bonds. The summed E-state index contributed by atoms with van der Waals surface area (Å²) in [5.41, 5.74) is 0.297. The van der Waals surface area contributed by atoms with E-state index in [9.17, 15) is 5.11 Å². The van der Waals surface area contributed by atoms with Gasteiger partial charge >= 0.3 is 0 Å². The summed E-state index contributed by atoms with van der Waals surface area (Å²) in [5.74, 6) is 2.02. The maximum atomic E-state index is 12.5. The Kier molecular flexibility index (Phi) is 7.37. The molecular weight excluding hydrogens is 542 g/mol. The summed E-state index contributed by atoms with van der Waals surface area (Å²) in [7, 11) is 3.53. The molecule has 7 aliphatic rings. The van der Waals surface area contributed by atoms with Gasteiger partial charge in [-0.1, -0.05) is 34.6 Å². The summed E-state index contributed by atoms with van der Waals surface area (Å²) in [6.45, 7) is 19.0. The first kappa shape index (κ1) is 31.3. The standard InChI is InChI=1S/C36H61NO6/c1-21-18-22(30(39-8)32(4,5)40-9)42-28-27(21)33(6)14-15-36-20-35(36)13-12-25(43-26-19-37-16-17-41-26)31(2,3)23(35)10-11-24(36)34(33,7)29(28)38/h21-30,37-38H,10-20H2,1-9H3/t21-,22-,23+,24+,25+,26+,27+,28+,29+,30+,33-,34-,35?,36+/m1/s1. The molecule has 7 fully saturated rings. The maximum absolute atomic E-state index is 12.5. The Morgan fingerprint density at radius 3 is 2.37 bits per heavy atom. The molecule has 0 bridgehead atoms. The number of hydrogen-bond donors (Lipinski definition) is 2. The second-order valence-corrected chi connectivity index (χ2v) is 17.6. The smallest absolute Gasteiger partial charge is 0.170 e. The fourth-order valence-electron chi connectivity index (χ4n) is 13.6. The first-order valence-corrected chi connectivity index (χ1v) is 17.6. The lowest BCUT2D eigenvalue weighted by Gasteiger charge is -2.64. The third kappa shape index (κ3) is 3.97. The first-order valence-electron chi connectivity index (χ1n) is 17.6. The topological polar surface area (TPSA) is 78.4 Å². The van der Waals surface area contributed by atoms with Gasteiger partial charge in [-0.25, -0.2) is 0 Å². The van der Waals surface area contributed by atoms with E-state index in [0.717, 1.165) is 32.5 Å². The molecule has 43 heavy (non-hydrogen) atoms. The maximum Gasteiger partial charge on any atom is 0.170 e. The lowest BCUT2D eigenvalue weighted by atomic mass is 9.41. The van der Waals surface area contributed by atoms with Crippen LogP contribution in [0.1, 0.15) is 99.8 Å². The molecule has 7 heteroatoms. The number of nitrogens with one attached hydrogen (secondary N) is 1. The van der Waals surface area contributed by atoms with Crippen molar-refractivity contribution in [1.29, 1.82) is 0 Å². The molecule has 2 aliphatic heterocycles. The minimum Gasteiger partial charge on any atom is -0.390 e. The van der Waals surface area contributed by atoms with E-state index in [0.29, 0.717) is 34.5 Å². The summed E-state index contributed by atoms with van der Waals surface area (Å²) in [5, 5.41) is 16.0. The van der Waals surface area contributed by atoms with E-state index in [1.807, 2.05) is 0 Å². The zero-order chi connectivity index (χ0) is 30.8. The van der Waals surface area contributed by atoms with Gasteiger partial charge in [0.1, 0.15) is 6.10 Å². The zero-order valence-electron chi connectivity index (χ0n) is 28.5. The van der Waals surface area contributed by atoms with E-state index in [4.69, 9.17) is 23.7 Å². The summed E-state index contributed by atoms with van der Waals surface area (Å²) in [6, 6.07) is 0. The van der Waals surface area contributed by atoms with Crippen LogP contribution in [0.3, 0.4) is 0 Å². The Labute approximate surface area is 260 Å². The third-order valence-electron chi connectivity index (χ3n) is 15.8. The normalized spacial score (nSPS) is 54.4. The minimum absolute atomic E-state index is 0.0640. The Bertz CT molecular complexity index is 1080. The molecule has 2 N–H and O–H groups in total. The van der Waals surface area contributed by atoms with Crippen LogP contribution in [0.5, 0.6) is 0 Å². The molecule has 7 nitrogen and oxygen atoms in total. The molecule has 7 rings (SSSR count). The van der Waals surface area contributed by atoms with Gasteiger partial charge in [0.25, 0.3) is 0 Å². The number of aliphatic hydroxyl groups is 1. The molecule has 0 aromatic heterocycles. The van der Waals surface area contributed by atoms with Gasteiger partial charge in [0, 0.05) is 32.7 Å². The number of morpholine rings is 1. The Balaban J connectivity index is 1.16. The van der Waals surface area contributed by atoms with Crippen LogP contribution in [0.15, 0.2) is 0 Å². The van der Waals surface area contributed by atoms with Gasteiger partial charge in [0.2, 0.25) is 0 Å². The quantitative estimate of drug-likeness (QED) is 0.411. The predicted molar refractivity (Wildman–Crippen MR) is 165 cm³/mol. The highest BCUT2D eigenvalue weighted by molar-refractivity contribution is 5.33.